The Hall–Kier alpha value is -3.52. The predicted octanol–water partition coefficient (Wildman–Crippen LogP) is 4.48. The Balaban J connectivity index is 2.10. The minimum Gasteiger partial charge on any atom is -0.493 e. The van der Waals surface area contributed by atoms with E-state index in [4.69, 9.17) is 9.47 Å². The standard InChI is InChI=1S/C25H28N2O5S/c1-5-18-11-13-20(14-12-18)26-25(28)21-15-23(31-2)24(32-3)16-22(21)27(33(4,29)30)17-19-9-7-6-8-10-19/h6-16H,5,17H2,1-4H3,(H,26,28). The number of amides is 1. The van der Waals surface area contributed by atoms with Crippen LogP contribution in [0.3, 0.4) is 0 Å². The van der Waals surface area contributed by atoms with E-state index in [1.807, 2.05) is 54.6 Å². The number of rotatable bonds is 9. The van der Waals surface area contributed by atoms with Crippen LogP contribution in [0.25, 0.3) is 0 Å². The monoisotopic (exact) mass is 468 g/mol. The number of anilines is 2. The summed E-state index contributed by atoms with van der Waals surface area (Å²) < 4.78 is 37.6. The van der Waals surface area contributed by atoms with Crippen molar-refractivity contribution in [1.82, 2.24) is 0 Å². The van der Waals surface area contributed by atoms with E-state index in [2.05, 4.69) is 12.2 Å². The molecule has 0 unspecified atom stereocenters. The van der Waals surface area contributed by atoms with Gasteiger partial charge in [0, 0.05) is 11.8 Å². The molecule has 0 saturated heterocycles. The molecular weight excluding hydrogens is 440 g/mol. The predicted molar refractivity (Wildman–Crippen MR) is 131 cm³/mol. The highest BCUT2D eigenvalue weighted by Gasteiger charge is 2.26. The van der Waals surface area contributed by atoms with Gasteiger partial charge < -0.3 is 14.8 Å². The molecule has 0 fully saturated rings. The van der Waals surface area contributed by atoms with E-state index >= 15 is 0 Å². The van der Waals surface area contributed by atoms with Crippen LogP contribution < -0.4 is 19.1 Å². The van der Waals surface area contributed by atoms with Crippen LogP contribution in [-0.4, -0.2) is 34.8 Å². The molecule has 0 atom stereocenters. The van der Waals surface area contributed by atoms with Crippen molar-refractivity contribution >= 4 is 27.3 Å². The van der Waals surface area contributed by atoms with Crippen molar-refractivity contribution in [3.63, 3.8) is 0 Å². The van der Waals surface area contributed by atoms with E-state index < -0.39 is 15.9 Å². The van der Waals surface area contributed by atoms with Crippen molar-refractivity contribution in [2.45, 2.75) is 19.9 Å². The van der Waals surface area contributed by atoms with E-state index in [9.17, 15) is 13.2 Å². The quantitative estimate of drug-likeness (QED) is 0.500. The van der Waals surface area contributed by atoms with Gasteiger partial charge in [0.2, 0.25) is 10.0 Å². The minimum absolute atomic E-state index is 0.0562. The highest BCUT2D eigenvalue weighted by atomic mass is 32.2. The first-order valence-corrected chi connectivity index (χ1v) is 12.3. The number of carbonyl (C=O) groups is 1. The lowest BCUT2D eigenvalue weighted by Crippen LogP contribution is -2.31. The smallest absolute Gasteiger partial charge is 0.257 e. The first kappa shape index (κ1) is 24.1. The number of aryl methyl sites for hydroxylation is 1. The van der Waals surface area contributed by atoms with Crippen LogP contribution in [0.5, 0.6) is 11.5 Å². The Morgan fingerprint density at radius 3 is 2.06 bits per heavy atom. The molecule has 174 valence electrons. The summed E-state index contributed by atoms with van der Waals surface area (Å²) in [6.45, 7) is 2.11. The number of sulfonamides is 1. The molecule has 0 spiro atoms. The Labute approximate surface area is 195 Å². The molecule has 0 heterocycles. The van der Waals surface area contributed by atoms with Crippen LogP contribution in [0.1, 0.15) is 28.4 Å². The SMILES string of the molecule is CCc1ccc(NC(=O)c2cc(OC)c(OC)cc2N(Cc2ccccc2)S(C)(=O)=O)cc1. The second-order valence-electron chi connectivity index (χ2n) is 7.48. The molecule has 0 aliphatic heterocycles. The number of nitrogens with one attached hydrogen (secondary N) is 1. The molecule has 3 aromatic rings. The van der Waals surface area contributed by atoms with Gasteiger partial charge in [0.25, 0.3) is 5.91 Å². The van der Waals surface area contributed by atoms with E-state index in [0.29, 0.717) is 17.2 Å². The van der Waals surface area contributed by atoms with Crippen LogP contribution >= 0.6 is 0 Å². The van der Waals surface area contributed by atoms with Crippen LogP contribution in [0.4, 0.5) is 11.4 Å². The molecule has 0 saturated carbocycles. The number of nitrogens with zero attached hydrogens (tertiary/aromatic N) is 1. The van der Waals surface area contributed by atoms with Crippen molar-refractivity contribution in [2.24, 2.45) is 0 Å². The van der Waals surface area contributed by atoms with Crippen molar-refractivity contribution in [3.05, 3.63) is 83.4 Å². The second kappa shape index (κ2) is 10.4. The number of ether oxygens (including phenoxy) is 2. The highest BCUT2D eigenvalue weighted by Crippen LogP contribution is 2.37. The summed E-state index contributed by atoms with van der Waals surface area (Å²) >= 11 is 0. The highest BCUT2D eigenvalue weighted by molar-refractivity contribution is 7.92. The third-order valence-electron chi connectivity index (χ3n) is 5.20. The molecule has 1 N–H and O–H groups in total. The lowest BCUT2D eigenvalue weighted by Gasteiger charge is -2.26. The Bertz CT molecular complexity index is 1210. The third-order valence-corrected chi connectivity index (χ3v) is 6.33. The molecule has 3 aromatic carbocycles. The van der Waals surface area contributed by atoms with Gasteiger partial charge in [-0.25, -0.2) is 8.42 Å². The second-order valence-corrected chi connectivity index (χ2v) is 9.39. The van der Waals surface area contributed by atoms with Crippen LogP contribution in [0.2, 0.25) is 0 Å². The molecule has 33 heavy (non-hydrogen) atoms. The first-order chi connectivity index (χ1) is 15.8. The molecule has 0 radical (unpaired) electrons. The Morgan fingerprint density at radius 1 is 0.909 bits per heavy atom. The molecular formula is C25H28N2O5S. The molecule has 7 nitrogen and oxygen atoms in total. The molecule has 3 rings (SSSR count). The van der Waals surface area contributed by atoms with Crippen molar-refractivity contribution < 1.29 is 22.7 Å². The maximum Gasteiger partial charge on any atom is 0.257 e. The number of methoxy groups -OCH3 is 2. The van der Waals surface area contributed by atoms with Crippen molar-refractivity contribution in [2.75, 3.05) is 30.1 Å². The molecule has 0 aromatic heterocycles. The van der Waals surface area contributed by atoms with E-state index in [1.165, 1.54) is 30.7 Å². The maximum atomic E-state index is 13.3. The van der Waals surface area contributed by atoms with Gasteiger partial charge in [-0.2, -0.15) is 0 Å². The fourth-order valence-corrected chi connectivity index (χ4v) is 4.30. The van der Waals surface area contributed by atoms with Gasteiger partial charge in [-0.3, -0.25) is 9.10 Å². The zero-order valence-corrected chi connectivity index (χ0v) is 20.0. The largest absolute Gasteiger partial charge is 0.493 e. The summed E-state index contributed by atoms with van der Waals surface area (Å²) in [6.07, 6.45) is 1.99. The number of hydrogen-bond acceptors (Lipinski definition) is 5. The Morgan fingerprint density at radius 2 is 1.52 bits per heavy atom. The number of benzene rings is 3. The van der Waals surface area contributed by atoms with Gasteiger partial charge >= 0.3 is 0 Å². The average Bonchev–Trinajstić information content (AvgIpc) is 2.82. The fourth-order valence-electron chi connectivity index (χ4n) is 3.41. The summed E-state index contributed by atoms with van der Waals surface area (Å²) in [6, 6.07) is 19.7. The van der Waals surface area contributed by atoms with Gasteiger partial charge in [0.05, 0.1) is 38.3 Å². The summed E-state index contributed by atoms with van der Waals surface area (Å²) in [5, 5.41) is 2.85. The first-order valence-electron chi connectivity index (χ1n) is 10.4. The molecule has 0 bridgehead atoms. The topological polar surface area (TPSA) is 84.9 Å². The van der Waals surface area contributed by atoms with E-state index in [1.54, 1.807) is 0 Å². The summed E-state index contributed by atoms with van der Waals surface area (Å²) in [4.78, 5) is 13.3. The third kappa shape index (κ3) is 5.84. The minimum atomic E-state index is -3.74. The molecule has 0 aliphatic rings. The summed E-state index contributed by atoms with van der Waals surface area (Å²) in [5.41, 5.74) is 2.87. The average molecular weight is 469 g/mol. The van der Waals surface area contributed by atoms with Gasteiger partial charge in [0.15, 0.2) is 11.5 Å². The Kier molecular flexibility index (Phi) is 7.60. The molecule has 8 heteroatoms. The van der Waals surface area contributed by atoms with Gasteiger partial charge in [-0.1, -0.05) is 49.4 Å². The zero-order valence-electron chi connectivity index (χ0n) is 19.2. The lowest BCUT2D eigenvalue weighted by molar-refractivity contribution is 0.102. The van der Waals surface area contributed by atoms with Crippen LogP contribution in [0, 0.1) is 0 Å². The van der Waals surface area contributed by atoms with Crippen molar-refractivity contribution in [1.29, 1.82) is 0 Å². The van der Waals surface area contributed by atoms with Crippen LogP contribution in [-0.2, 0) is 23.0 Å². The van der Waals surface area contributed by atoms with Gasteiger partial charge in [0.1, 0.15) is 0 Å². The van der Waals surface area contributed by atoms with E-state index in [0.717, 1.165) is 23.8 Å². The van der Waals surface area contributed by atoms with Gasteiger partial charge in [-0.05, 0) is 35.7 Å². The number of hydrogen-bond donors (Lipinski definition) is 1. The molecule has 1 amide bonds. The summed E-state index contributed by atoms with van der Waals surface area (Å²) in [5.74, 6) is 0.177. The molecule has 0 aliphatic carbocycles. The van der Waals surface area contributed by atoms with Crippen molar-refractivity contribution in [3.8, 4) is 11.5 Å². The summed E-state index contributed by atoms with van der Waals surface area (Å²) in [7, 11) is -0.825. The van der Waals surface area contributed by atoms with Gasteiger partial charge in [-0.15, -0.1) is 0 Å². The maximum absolute atomic E-state index is 13.3. The fraction of sp³-hybridized carbons (Fsp3) is 0.240. The lowest BCUT2D eigenvalue weighted by atomic mass is 10.1. The van der Waals surface area contributed by atoms with E-state index in [-0.39, 0.29) is 17.8 Å². The zero-order chi connectivity index (χ0) is 24.0. The number of carbonyl (C=O) groups excluding carboxylic acids is 1. The normalized spacial score (nSPS) is 11.0. The van der Waals surface area contributed by atoms with Crippen LogP contribution in [0.15, 0.2) is 66.7 Å².